The van der Waals surface area contributed by atoms with E-state index in [-0.39, 0.29) is 5.91 Å². The molecule has 0 unspecified atom stereocenters. The number of nitrogens with one attached hydrogen (secondary N) is 2. The van der Waals surface area contributed by atoms with E-state index in [1.54, 1.807) is 13.2 Å². The van der Waals surface area contributed by atoms with Gasteiger partial charge >= 0.3 is 0 Å². The maximum absolute atomic E-state index is 12.4. The van der Waals surface area contributed by atoms with Gasteiger partial charge in [-0.2, -0.15) is 5.10 Å². The van der Waals surface area contributed by atoms with Crippen LogP contribution in [-0.2, 0) is 6.54 Å². The fourth-order valence-corrected chi connectivity index (χ4v) is 3.03. The molecule has 1 aliphatic rings. The number of ether oxygens (including phenoxy) is 1. The first kappa shape index (κ1) is 16.4. The number of H-pyrrole nitrogens is 1. The van der Waals surface area contributed by atoms with E-state index in [1.165, 1.54) is 12.8 Å². The Balaban J connectivity index is 1.38. The topological polar surface area (TPSA) is 84.8 Å². The SMILES string of the molecule is COc1ccccc1-c1cc(C(=O)NCCn2ccnc2C2CC2)[nH]n1. The minimum Gasteiger partial charge on any atom is -0.496 e. The highest BCUT2D eigenvalue weighted by molar-refractivity contribution is 5.93. The molecule has 1 aromatic carbocycles. The van der Waals surface area contributed by atoms with Crippen molar-refractivity contribution in [3.8, 4) is 17.0 Å². The molecule has 1 fully saturated rings. The van der Waals surface area contributed by atoms with Crippen molar-refractivity contribution < 1.29 is 9.53 Å². The number of aromatic amines is 1. The van der Waals surface area contributed by atoms with Crippen LogP contribution in [0.5, 0.6) is 5.75 Å². The van der Waals surface area contributed by atoms with Crippen LogP contribution in [0.25, 0.3) is 11.3 Å². The molecule has 1 amide bonds. The summed E-state index contributed by atoms with van der Waals surface area (Å²) in [5, 5.41) is 9.97. The maximum Gasteiger partial charge on any atom is 0.269 e. The number of amides is 1. The lowest BCUT2D eigenvalue weighted by Gasteiger charge is -2.08. The van der Waals surface area contributed by atoms with Crippen LogP contribution in [0, 0.1) is 0 Å². The van der Waals surface area contributed by atoms with Crippen molar-refractivity contribution >= 4 is 5.91 Å². The Bertz CT molecular complexity index is 910. The zero-order valence-corrected chi connectivity index (χ0v) is 14.6. The normalized spacial score (nSPS) is 13.6. The summed E-state index contributed by atoms with van der Waals surface area (Å²) in [6.07, 6.45) is 6.21. The summed E-state index contributed by atoms with van der Waals surface area (Å²) >= 11 is 0. The Morgan fingerprint density at radius 2 is 2.23 bits per heavy atom. The van der Waals surface area contributed by atoms with E-state index in [2.05, 4.69) is 25.1 Å². The first-order valence-corrected chi connectivity index (χ1v) is 8.74. The van der Waals surface area contributed by atoms with Gasteiger partial charge < -0.3 is 14.6 Å². The van der Waals surface area contributed by atoms with Gasteiger partial charge in [0.2, 0.25) is 0 Å². The molecular formula is C19H21N5O2. The quantitative estimate of drug-likeness (QED) is 0.685. The van der Waals surface area contributed by atoms with Crippen molar-refractivity contribution in [2.45, 2.75) is 25.3 Å². The first-order chi connectivity index (χ1) is 12.8. The molecule has 26 heavy (non-hydrogen) atoms. The summed E-state index contributed by atoms with van der Waals surface area (Å²) in [5.74, 6) is 2.27. The number of para-hydroxylation sites is 1. The van der Waals surface area contributed by atoms with Gasteiger partial charge in [0.1, 0.15) is 17.3 Å². The third-order valence-corrected chi connectivity index (χ3v) is 4.53. The summed E-state index contributed by atoms with van der Waals surface area (Å²) in [7, 11) is 1.62. The van der Waals surface area contributed by atoms with Gasteiger partial charge in [-0.1, -0.05) is 12.1 Å². The molecule has 134 valence electrons. The summed E-state index contributed by atoms with van der Waals surface area (Å²) in [4.78, 5) is 16.8. The Morgan fingerprint density at radius 3 is 3.04 bits per heavy atom. The molecule has 0 bridgehead atoms. The molecule has 0 aliphatic heterocycles. The molecule has 0 spiro atoms. The van der Waals surface area contributed by atoms with Gasteiger partial charge in [-0.25, -0.2) is 4.98 Å². The minimum atomic E-state index is -0.174. The standard InChI is InChI=1S/C19H21N5O2/c1-26-17-5-3-2-4-14(17)15-12-16(23-22-15)19(25)21-9-11-24-10-8-20-18(24)13-6-7-13/h2-5,8,10,12-13H,6-7,9,11H2,1H3,(H,21,25)(H,22,23). The van der Waals surface area contributed by atoms with E-state index < -0.39 is 0 Å². The van der Waals surface area contributed by atoms with Crippen molar-refractivity contribution in [2.75, 3.05) is 13.7 Å². The van der Waals surface area contributed by atoms with Crippen molar-refractivity contribution in [3.05, 3.63) is 54.2 Å². The van der Waals surface area contributed by atoms with Gasteiger partial charge in [0.05, 0.1) is 12.8 Å². The van der Waals surface area contributed by atoms with Crippen molar-refractivity contribution in [3.63, 3.8) is 0 Å². The number of imidazole rings is 1. The van der Waals surface area contributed by atoms with Gasteiger partial charge in [0.25, 0.3) is 5.91 Å². The van der Waals surface area contributed by atoms with Gasteiger partial charge in [-0.15, -0.1) is 0 Å². The number of methoxy groups -OCH3 is 1. The second-order valence-electron chi connectivity index (χ2n) is 6.38. The number of benzene rings is 1. The van der Waals surface area contributed by atoms with Crippen LogP contribution in [0.2, 0.25) is 0 Å². The van der Waals surface area contributed by atoms with Gasteiger partial charge in [0, 0.05) is 37.0 Å². The second kappa shape index (κ2) is 7.03. The molecule has 2 N–H and O–H groups in total. The second-order valence-corrected chi connectivity index (χ2v) is 6.38. The number of hydrogen-bond donors (Lipinski definition) is 2. The van der Waals surface area contributed by atoms with Crippen LogP contribution in [0.15, 0.2) is 42.7 Å². The Hall–Kier alpha value is -3.09. The van der Waals surface area contributed by atoms with Crippen LogP contribution in [-0.4, -0.2) is 39.3 Å². The number of aromatic nitrogens is 4. The Labute approximate surface area is 151 Å². The largest absolute Gasteiger partial charge is 0.496 e. The fourth-order valence-electron chi connectivity index (χ4n) is 3.03. The van der Waals surface area contributed by atoms with Gasteiger partial charge in [-0.3, -0.25) is 9.89 Å². The van der Waals surface area contributed by atoms with E-state index in [9.17, 15) is 4.79 Å². The van der Waals surface area contributed by atoms with Gasteiger partial charge in [0.15, 0.2) is 0 Å². The molecule has 1 aliphatic carbocycles. The molecule has 7 heteroatoms. The summed E-state index contributed by atoms with van der Waals surface area (Å²) < 4.78 is 7.46. The molecule has 0 atom stereocenters. The third kappa shape index (κ3) is 3.33. The minimum absolute atomic E-state index is 0.174. The lowest BCUT2D eigenvalue weighted by atomic mass is 10.1. The molecule has 3 aromatic rings. The molecular weight excluding hydrogens is 330 g/mol. The van der Waals surface area contributed by atoms with Crippen LogP contribution >= 0.6 is 0 Å². The summed E-state index contributed by atoms with van der Waals surface area (Å²) in [6.45, 7) is 1.25. The monoisotopic (exact) mass is 351 g/mol. The lowest BCUT2D eigenvalue weighted by molar-refractivity contribution is 0.0947. The number of carbonyl (C=O) groups is 1. The number of rotatable bonds is 7. The first-order valence-electron chi connectivity index (χ1n) is 8.74. The predicted molar refractivity (Wildman–Crippen MR) is 97.1 cm³/mol. The number of nitrogens with zero attached hydrogens (tertiary/aromatic N) is 3. The fraction of sp³-hybridized carbons (Fsp3) is 0.316. The summed E-state index contributed by atoms with van der Waals surface area (Å²) in [6, 6.07) is 9.32. The zero-order chi connectivity index (χ0) is 17.9. The highest BCUT2D eigenvalue weighted by Gasteiger charge is 2.27. The zero-order valence-electron chi connectivity index (χ0n) is 14.6. The number of carbonyl (C=O) groups excluding carboxylic acids is 1. The average molecular weight is 351 g/mol. The maximum atomic E-state index is 12.4. The molecule has 1 saturated carbocycles. The highest BCUT2D eigenvalue weighted by atomic mass is 16.5. The van der Waals surface area contributed by atoms with E-state index in [0.717, 1.165) is 17.1 Å². The van der Waals surface area contributed by atoms with E-state index in [1.807, 2.05) is 36.7 Å². The number of hydrogen-bond acceptors (Lipinski definition) is 4. The molecule has 2 aromatic heterocycles. The Kier molecular flexibility index (Phi) is 4.43. The summed E-state index contributed by atoms with van der Waals surface area (Å²) in [5.41, 5.74) is 1.95. The predicted octanol–water partition coefficient (Wildman–Crippen LogP) is 2.59. The average Bonchev–Trinajstić information content (AvgIpc) is 3.20. The van der Waals surface area contributed by atoms with Crippen LogP contribution in [0.3, 0.4) is 0 Å². The smallest absolute Gasteiger partial charge is 0.269 e. The van der Waals surface area contributed by atoms with Gasteiger partial charge in [-0.05, 0) is 31.0 Å². The van der Waals surface area contributed by atoms with E-state index >= 15 is 0 Å². The van der Waals surface area contributed by atoms with Crippen LogP contribution in [0.4, 0.5) is 0 Å². The van der Waals surface area contributed by atoms with Crippen molar-refractivity contribution in [1.29, 1.82) is 0 Å². The molecule has 0 radical (unpaired) electrons. The highest BCUT2D eigenvalue weighted by Crippen LogP contribution is 2.38. The molecule has 4 rings (SSSR count). The molecule has 2 heterocycles. The van der Waals surface area contributed by atoms with Crippen LogP contribution in [0.1, 0.15) is 35.1 Å². The Morgan fingerprint density at radius 1 is 1.38 bits per heavy atom. The molecule has 0 saturated heterocycles. The van der Waals surface area contributed by atoms with Crippen LogP contribution < -0.4 is 10.1 Å². The van der Waals surface area contributed by atoms with E-state index in [0.29, 0.717) is 30.4 Å². The lowest BCUT2D eigenvalue weighted by Crippen LogP contribution is -2.27. The van der Waals surface area contributed by atoms with Crippen molar-refractivity contribution in [1.82, 2.24) is 25.1 Å². The third-order valence-electron chi connectivity index (χ3n) is 4.53. The van der Waals surface area contributed by atoms with E-state index in [4.69, 9.17) is 4.74 Å². The molecule has 7 nitrogen and oxygen atoms in total. The van der Waals surface area contributed by atoms with Crippen molar-refractivity contribution in [2.24, 2.45) is 0 Å².